The number of hydrogen-bond donors (Lipinski definition) is 4. The van der Waals surface area contributed by atoms with Gasteiger partial charge in [-0.2, -0.15) is 10.1 Å². The van der Waals surface area contributed by atoms with Crippen molar-refractivity contribution in [2.24, 2.45) is 0 Å². The van der Waals surface area contributed by atoms with E-state index in [0.29, 0.717) is 11.5 Å². The van der Waals surface area contributed by atoms with Crippen LogP contribution < -0.4 is 16.0 Å². The molecule has 0 spiro atoms. The largest absolute Gasteiger partial charge is 0.339 e. The second kappa shape index (κ2) is 8.48. The third-order valence-electron chi connectivity index (χ3n) is 2.64. The molecular formula is C12H10Cl3IN6OS. The Morgan fingerprint density at radius 2 is 2.00 bits per heavy atom. The van der Waals surface area contributed by atoms with Crippen LogP contribution in [0.3, 0.4) is 0 Å². The van der Waals surface area contributed by atoms with Gasteiger partial charge in [0.25, 0.3) is 5.91 Å². The van der Waals surface area contributed by atoms with E-state index in [-0.39, 0.29) is 5.11 Å². The number of carbonyl (C=O) groups excluding carboxylic acids is 1. The van der Waals surface area contributed by atoms with Crippen molar-refractivity contribution in [3.63, 3.8) is 0 Å². The van der Waals surface area contributed by atoms with Crippen LogP contribution in [0.4, 0.5) is 5.95 Å². The minimum absolute atomic E-state index is 0.0890. The van der Waals surface area contributed by atoms with Crippen LogP contribution in [0.1, 0.15) is 10.4 Å². The number of nitrogens with one attached hydrogen (secondary N) is 4. The summed E-state index contributed by atoms with van der Waals surface area (Å²) >= 11 is 24.9. The standard InChI is InChI=1S/C12H10Cl3IN6OS/c13-12(14,15)9(20-11(24)21-10-17-5-18-22-10)19-8(23)6-3-1-2-4-7(6)16/h1-5,9H,(H,19,23)(H3,17,18,20,21,22,24). The number of H-pyrrole nitrogens is 1. The summed E-state index contributed by atoms with van der Waals surface area (Å²) in [6, 6.07) is 7.02. The quantitative estimate of drug-likeness (QED) is 0.215. The fourth-order valence-corrected chi connectivity index (χ4v) is 2.77. The summed E-state index contributed by atoms with van der Waals surface area (Å²) < 4.78 is -1.08. The lowest BCUT2D eigenvalue weighted by Gasteiger charge is -2.27. The number of anilines is 1. The molecule has 4 N–H and O–H groups in total. The van der Waals surface area contributed by atoms with Gasteiger partial charge in [-0.05, 0) is 46.9 Å². The number of aromatic amines is 1. The number of carbonyl (C=O) groups is 1. The van der Waals surface area contributed by atoms with E-state index in [9.17, 15) is 4.79 Å². The first kappa shape index (κ1) is 19.4. The van der Waals surface area contributed by atoms with E-state index >= 15 is 0 Å². The molecular weight excluding hydrogens is 510 g/mol. The number of aromatic nitrogens is 3. The zero-order chi connectivity index (χ0) is 17.7. The molecule has 1 amide bonds. The second-order valence-electron chi connectivity index (χ2n) is 4.36. The predicted octanol–water partition coefficient (Wildman–Crippen LogP) is 2.82. The molecule has 128 valence electrons. The summed E-state index contributed by atoms with van der Waals surface area (Å²) in [4.78, 5) is 16.3. The fourth-order valence-electron chi connectivity index (χ4n) is 1.59. The lowest BCUT2D eigenvalue weighted by atomic mass is 10.2. The van der Waals surface area contributed by atoms with E-state index in [1.807, 2.05) is 28.7 Å². The summed E-state index contributed by atoms with van der Waals surface area (Å²) in [6.07, 6.45) is 0.227. The minimum atomic E-state index is -1.84. The average molecular weight is 520 g/mol. The van der Waals surface area contributed by atoms with E-state index < -0.39 is 15.9 Å². The Morgan fingerprint density at radius 1 is 1.29 bits per heavy atom. The van der Waals surface area contributed by atoms with Crippen molar-refractivity contribution in [1.29, 1.82) is 0 Å². The Bertz CT molecular complexity index is 724. The zero-order valence-electron chi connectivity index (χ0n) is 11.7. The van der Waals surface area contributed by atoms with Gasteiger partial charge in [0.15, 0.2) is 5.11 Å². The molecule has 0 saturated heterocycles. The molecule has 1 heterocycles. The summed E-state index contributed by atoms with van der Waals surface area (Å²) in [5.74, 6) is -0.106. The Hall–Kier alpha value is -0.880. The molecule has 7 nitrogen and oxygen atoms in total. The summed E-state index contributed by atoms with van der Waals surface area (Å²) in [5, 5.41) is 14.4. The summed E-state index contributed by atoms with van der Waals surface area (Å²) in [6.45, 7) is 0. The van der Waals surface area contributed by atoms with Crippen molar-refractivity contribution in [2.45, 2.75) is 9.96 Å². The number of halogens is 4. The molecule has 0 radical (unpaired) electrons. The van der Waals surface area contributed by atoms with Gasteiger partial charge in [-0.25, -0.2) is 5.10 Å². The van der Waals surface area contributed by atoms with Crippen molar-refractivity contribution in [3.8, 4) is 0 Å². The molecule has 0 aliphatic rings. The summed E-state index contributed by atoms with van der Waals surface area (Å²) in [5.41, 5.74) is 0.452. The van der Waals surface area contributed by atoms with Crippen LogP contribution in [-0.4, -0.2) is 36.2 Å². The first-order chi connectivity index (χ1) is 11.3. The SMILES string of the molecule is O=C(NC(NC(=S)Nc1ncn[nH]1)C(Cl)(Cl)Cl)c1ccccc1I. The predicted molar refractivity (Wildman–Crippen MR) is 106 cm³/mol. The van der Waals surface area contributed by atoms with Gasteiger partial charge in [-0.3, -0.25) is 4.79 Å². The molecule has 0 aliphatic heterocycles. The van der Waals surface area contributed by atoms with Crippen LogP contribution in [0, 0.1) is 3.57 Å². The van der Waals surface area contributed by atoms with E-state index in [4.69, 9.17) is 47.0 Å². The second-order valence-corrected chi connectivity index (χ2v) is 8.30. The molecule has 0 bridgehead atoms. The van der Waals surface area contributed by atoms with E-state index in [2.05, 4.69) is 31.1 Å². The van der Waals surface area contributed by atoms with Crippen molar-refractivity contribution >= 4 is 86.6 Å². The Morgan fingerprint density at radius 3 is 2.58 bits per heavy atom. The Labute approximate surface area is 171 Å². The van der Waals surface area contributed by atoms with Crippen molar-refractivity contribution in [2.75, 3.05) is 5.32 Å². The molecule has 0 aliphatic carbocycles. The molecule has 1 aromatic heterocycles. The fraction of sp³-hybridized carbons (Fsp3) is 0.167. The van der Waals surface area contributed by atoms with Gasteiger partial charge in [0.2, 0.25) is 9.74 Å². The highest BCUT2D eigenvalue weighted by Gasteiger charge is 2.35. The monoisotopic (exact) mass is 518 g/mol. The molecule has 1 atom stereocenters. The van der Waals surface area contributed by atoms with Crippen LogP contribution in [0.5, 0.6) is 0 Å². The molecule has 1 unspecified atom stereocenters. The van der Waals surface area contributed by atoms with Crippen molar-refractivity contribution < 1.29 is 4.79 Å². The molecule has 24 heavy (non-hydrogen) atoms. The zero-order valence-corrected chi connectivity index (χ0v) is 16.9. The van der Waals surface area contributed by atoms with Gasteiger partial charge in [0.1, 0.15) is 12.5 Å². The first-order valence-electron chi connectivity index (χ1n) is 6.32. The summed E-state index contributed by atoms with van der Waals surface area (Å²) in [7, 11) is 0. The van der Waals surface area contributed by atoms with Crippen LogP contribution in [0.15, 0.2) is 30.6 Å². The highest BCUT2D eigenvalue weighted by atomic mass is 127. The number of thiocarbonyl (C=S) groups is 1. The highest BCUT2D eigenvalue weighted by molar-refractivity contribution is 14.1. The van der Waals surface area contributed by atoms with Crippen LogP contribution in [0.2, 0.25) is 0 Å². The van der Waals surface area contributed by atoms with Crippen molar-refractivity contribution in [1.82, 2.24) is 25.8 Å². The topological polar surface area (TPSA) is 94.7 Å². The maximum Gasteiger partial charge on any atom is 0.254 e. The minimum Gasteiger partial charge on any atom is -0.339 e. The maximum atomic E-state index is 12.4. The van der Waals surface area contributed by atoms with Gasteiger partial charge >= 0.3 is 0 Å². The number of rotatable bonds is 4. The molecule has 0 saturated carbocycles. The van der Waals surface area contributed by atoms with E-state index in [1.165, 1.54) is 6.33 Å². The molecule has 2 aromatic rings. The number of hydrogen-bond acceptors (Lipinski definition) is 4. The highest BCUT2D eigenvalue weighted by Crippen LogP contribution is 2.29. The van der Waals surface area contributed by atoms with Gasteiger partial charge in [-0.15, -0.1) is 0 Å². The molecule has 1 aromatic carbocycles. The smallest absolute Gasteiger partial charge is 0.254 e. The first-order valence-corrected chi connectivity index (χ1v) is 8.94. The number of alkyl halides is 3. The van der Waals surface area contributed by atoms with E-state index in [1.54, 1.807) is 18.2 Å². The Kier molecular flexibility index (Phi) is 6.87. The lowest BCUT2D eigenvalue weighted by Crippen LogP contribution is -2.56. The van der Waals surface area contributed by atoms with Gasteiger partial charge in [-0.1, -0.05) is 46.9 Å². The number of benzene rings is 1. The normalized spacial score (nSPS) is 12.3. The van der Waals surface area contributed by atoms with Gasteiger partial charge in [0, 0.05) is 3.57 Å². The van der Waals surface area contributed by atoms with Gasteiger partial charge < -0.3 is 16.0 Å². The average Bonchev–Trinajstić information content (AvgIpc) is 2.98. The van der Waals surface area contributed by atoms with Crippen LogP contribution in [-0.2, 0) is 0 Å². The molecule has 0 fully saturated rings. The van der Waals surface area contributed by atoms with Crippen LogP contribution >= 0.6 is 69.6 Å². The molecule has 12 heteroatoms. The van der Waals surface area contributed by atoms with Crippen molar-refractivity contribution in [3.05, 3.63) is 39.7 Å². The Balaban J connectivity index is 2.07. The number of nitrogens with zero attached hydrogens (tertiary/aromatic N) is 2. The van der Waals surface area contributed by atoms with E-state index in [0.717, 1.165) is 3.57 Å². The maximum absolute atomic E-state index is 12.4. The van der Waals surface area contributed by atoms with Crippen LogP contribution in [0.25, 0.3) is 0 Å². The number of amides is 1. The third-order valence-corrected chi connectivity index (χ3v) is 4.46. The molecule has 2 rings (SSSR count). The lowest BCUT2D eigenvalue weighted by molar-refractivity contribution is 0.0933. The van der Waals surface area contributed by atoms with Gasteiger partial charge in [0.05, 0.1) is 5.56 Å². The third kappa shape index (κ3) is 5.59.